The van der Waals surface area contributed by atoms with Gasteiger partial charge in [0.25, 0.3) is 5.56 Å². The number of carbonyl (C=O) groups excluding carboxylic acids is 2. The number of hydrogen-bond acceptors (Lipinski definition) is 6. The molecule has 0 aliphatic carbocycles. The molecule has 0 fully saturated rings. The molecule has 1 aliphatic rings. The van der Waals surface area contributed by atoms with Crippen LogP contribution in [0, 0.1) is 0 Å². The lowest BCUT2D eigenvalue weighted by Gasteiger charge is -2.26. The van der Waals surface area contributed by atoms with Gasteiger partial charge in [-0.15, -0.1) is 0 Å². The number of rotatable bonds is 3. The lowest BCUT2D eigenvalue weighted by Crippen LogP contribution is -2.38. The molecule has 1 aliphatic heterocycles. The van der Waals surface area contributed by atoms with Crippen LogP contribution in [0.5, 0.6) is 0 Å². The van der Waals surface area contributed by atoms with E-state index in [4.69, 9.17) is 21.1 Å². The Morgan fingerprint density at radius 3 is 2.62 bits per heavy atom. The number of esters is 1. The predicted octanol–water partition coefficient (Wildman–Crippen LogP) is 1.42. The fourth-order valence-corrected chi connectivity index (χ4v) is 2.49. The molecule has 0 amide bonds. The van der Waals surface area contributed by atoms with Gasteiger partial charge < -0.3 is 9.47 Å². The summed E-state index contributed by atoms with van der Waals surface area (Å²) in [5, 5.41) is -0.228. The van der Waals surface area contributed by atoms with E-state index in [2.05, 4.69) is 0 Å². The first-order valence-electron chi connectivity index (χ1n) is 7.56. The van der Waals surface area contributed by atoms with Crippen LogP contribution in [-0.2, 0) is 14.3 Å². The second kappa shape index (κ2) is 7.11. The monoisotopic (exact) mass is 376 g/mol. The topological polar surface area (TPSA) is 107 Å². The van der Waals surface area contributed by atoms with Gasteiger partial charge in [-0.25, -0.2) is 9.59 Å². The van der Waals surface area contributed by atoms with Gasteiger partial charge in [0, 0.05) is 12.3 Å². The summed E-state index contributed by atoms with van der Waals surface area (Å²) in [7, 11) is 0. The average molecular weight is 377 g/mol. The fourth-order valence-electron chi connectivity index (χ4n) is 2.34. The van der Waals surface area contributed by atoms with E-state index < -0.39 is 35.3 Å². The Morgan fingerprint density at radius 1 is 1.23 bits per heavy atom. The number of aromatic amines is 1. The zero-order valence-electron chi connectivity index (χ0n) is 13.5. The van der Waals surface area contributed by atoms with Gasteiger partial charge in [0.2, 0.25) is 5.78 Å². The first-order chi connectivity index (χ1) is 12.4. The van der Waals surface area contributed by atoms with E-state index in [1.54, 1.807) is 30.3 Å². The third kappa shape index (κ3) is 3.51. The molecular weight excluding hydrogens is 364 g/mol. The van der Waals surface area contributed by atoms with Crippen LogP contribution in [0.15, 0.2) is 58.0 Å². The zero-order valence-corrected chi connectivity index (χ0v) is 14.2. The number of ketones is 1. The number of halogens is 1. The van der Waals surface area contributed by atoms with Crippen molar-refractivity contribution < 1.29 is 19.1 Å². The number of nitrogens with zero attached hydrogens (tertiary/aromatic N) is 1. The summed E-state index contributed by atoms with van der Waals surface area (Å²) in [6.07, 6.45) is 0.215. The van der Waals surface area contributed by atoms with Crippen LogP contribution in [0.2, 0.25) is 5.02 Å². The minimum atomic E-state index is -1.08. The summed E-state index contributed by atoms with van der Waals surface area (Å²) in [5.74, 6) is -1.52. The molecule has 3 rings (SSSR count). The van der Waals surface area contributed by atoms with Crippen LogP contribution in [0.25, 0.3) is 0 Å². The second-order valence-electron chi connectivity index (χ2n) is 5.46. The number of hydrogen-bond donors (Lipinski definition) is 1. The highest BCUT2D eigenvalue weighted by Gasteiger charge is 2.32. The predicted molar refractivity (Wildman–Crippen MR) is 90.9 cm³/mol. The van der Waals surface area contributed by atoms with Gasteiger partial charge in [0.1, 0.15) is 11.1 Å². The largest absolute Gasteiger partial charge is 0.419 e. The highest BCUT2D eigenvalue weighted by atomic mass is 35.5. The van der Waals surface area contributed by atoms with Crippen molar-refractivity contribution >= 4 is 23.4 Å². The molecule has 2 aromatic rings. The van der Waals surface area contributed by atoms with Crippen molar-refractivity contribution in [3.63, 3.8) is 0 Å². The van der Waals surface area contributed by atoms with E-state index in [0.29, 0.717) is 0 Å². The maximum atomic E-state index is 12.2. The van der Waals surface area contributed by atoms with Crippen molar-refractivity contribution in [3.05, 3.63) is 79.8 Å². The van der Waals surface area contributed by atoms with Crippen molar-refractivity contribution in [1.29, 1.82) is 0 Å². The van der Waals surface area contributed by atoms with E-state index in [9.17, 15) is 19.2 Å². The average Bonchev–Trinajstić information content (AvgIpc) is 2.62. The summed E-state index contributed by atoms with van der Waals surface area (Å²) in [4.78, 5) is 49.8. The molecule has 134 valence electrons. The number of carbonyl (C=O) groups is 2. The standard InChI is InChI=1S/C17H13ClN2O6/c1-9-14(21)12(26-16(23)10-5-3-2-4-6-10)7-13(25-9)20-8-11(18)15(22)19-17(20)24/h2-9,13H,1H3,(H,19,22,24). The molecule has 0 radical (unpaired) electrons. The molecule has 2 unspecified atom stereocenters. The first-order valence-corrected chi connectivity index (χ1v) is 7.94. The Bertz CT molecular complexity index is 1010. The third-order valence-corrected chi connectivity index (χ3v) is 3.93. The molecular formula is C17H13ClN2O6. The fraction of sp³-hybridized carbons (Fsp3) is 0.176. The second-order valence-corrected chi connectivity index (χ2v) is 5.87. The summed E-state index contributed by atoms with van der Waals surface area (Å²) < 4.78 is 11.6. The minimum Gasteiger partial charge on any atom is -0.419 e. The summed E-state index contributed by atoms with van der Waals surface area (Å²) in [5.41, 5.74) is -1.26. The lowest BCUT2D eigenvalue weighted by atomic mass is 10.1. The van der Waals surface area contributed by atoms with Gasteiger partial charge in [-0.05, 0) is 19.1 Å². The van der Waals surface area contributed by atoms with Crippen LogP contribution in [0.3, 0.4) is 0 Å². The highest BCUT2D eigenvalue weighted by molar-refractivity contribution is 6.30. The van der Waals surface area contributed by atoms with E-state index in [1.165, 1.54) is 13.0 Å². The normalized spacial score (nSPS) is 19.8. The summed E-state index contributed by atoms with van der Waals surface area (Å²) in [6.45, 7) is 1.46. The van der Waals surface area contributed by atoms with Gasteiger partial charge in [0.15, 0.2) is 12.0 Å². The molecule has 0 saturated heterocycles. The number of nitrogens with one attached hydrogen (secondary N) is 1. The molecule has 2 heterocycles. The summed E-state index contributed by atoms with van der Waals surface area (Å²) >= 11 is 5.74. The van der Waals surface area contributed by atoms with Gasteiger partial charge in [-0.3, -0.25) is 19.1 Å². The Labute approximate surface area is 151 Å². The molecule has 26 heavy (non-hydrogen) atoms. The molecule has 1 aromatic heterocycles. The van der Waals surface area contributed by atoms with Gasteiger partial charge >= 0.3 is 11.7 Å². The molecule has 9 heteroatoms. The van der Waals surface area contributed by atoms with Gasteiger partial charge in [-0.2, -0.15) is 0 Å². The maximum absolute atomic E-state index is 12.2. The summed E-state index contributed by atoms with van der Waals surface area (Å²) in [6, 6.07) is 8.13. The van der Waals surface area contributed by atoms with Gasteiger partial charge in [0.05, 0.1) is 5.56 Å². The van der Waals surface area contributed by atoms with Crippen LogP contribution in [0.1, 0.15) is 23.5 Å². The quantitative estimate of drug-likeness (QED) is 0.812. The Morgan fingerprint density at radius 2 is 1.92 bits per heavy atom. The maximum Gasteiger partial charge on any atom is 0.343 e. The molecule has 1 N–H and O–H groups in total. The lowest BCUT2D eigenvalue weighted by molar-refractivity contribution is -0.137. The van der Waals surface area contributed by atoms with Crippen LogP contribution in [-0.4, -0.2) is 27.4 Å². The number of Topliss-reactive ketones (excluding diaryl/α,β-unsaturated/α-hetero) is 1. The van der Waals surface area contributed by atoms with Crippen LogP contribution >= 0.6 is 11.6 Å². The number of benzene rings is 1. The number of H-pyrrole nitrogens is 1. The zero-order chi connectivity index (χ0) is 18.8. The molecule has 0 saturated carbocycles. The number of ether oxygens (including phenoxy) is 2. The molecule has 2 atom stereocenters. The highest BCUT2D eigenvalue weighted by Crippen LogP contribution is 2.24. The van der Waals surface area contributed by atoms with Gasteiger partial charge in [-0.1, -0.05) is 29.8 Å². The molecule has 0 bridgehead atoms. The van der Waals surface area contributed by atoms with Crippen molar-refractivity contribution in [1.82, 2.24) is 9.55 Å². The Hall–Kier alpha value is -2.97. The first kappa shape index (κ1) is 17.8. The van der Waals surface area contributed by atoms with Crippen molar-refractivity contribution in [2.45, 2.75) is 19.3 Å². The van der Waals surface area contributed by atoms with E-state index in [-0.39, 0.29) is 16.3 Å². The number of aromatic nitrogens is 2. The van der Waals surface area contributed by atoms with Crippen LogP contribution in [0.4, 0.5) is 0 Å². The molecule has 0 spiro atoms. The van der Waals surface area contributed by atoms with Crippen molar-refractivity contribution in [3.8, 4) is 0 Å². The Kier molecular flexibility index (Phi) is 4.88. The third-order valence-electron chi connectivity index (χ3n) is 3.66. The minimum absolute atomic E-state index is 0.228. The molecule has 8 nitrogen and oxygen atoms in total. The molecule has 1 aromatic carbocycles. The van der Waals surface area contributed by atoms with E-state index in [1.807, 2.05) is 4.98 Å². The van der Waals surface area contributed by atoms with E-state index in [0.717, 1.165) is 10.8 Å². The Balaban J connectivity index is 1.95. The van der Waals surface area contributed by atoms with Crippen LogP contribution < -0.4 is 11.2 Å². The SMILES string of the molecule is CC1OC(n2cc(Cl)c(=O)[nH]c2=O)C=C(OC(=O)c2ccccc2)C1=O. The van der Waals surface area contributed by atoms with E-state index >= 15 is 0 Å². The smallest absolute Gasteiger partial charge is 0.343 e. The van der Waals surface area contributed by atoms with Crippen molar-refractivity contribution in [2.24, 2.45) is 0 Å². The van der Waals surface area contributed by atoms with Crippen molar-refractivity contribution in [2.75, 3.05) is 0 Å².